The normalized spacial score (nSPS) is 15.3. The van der Waals surface area contributed by atoms with Crippen LogP contribution in [-0.4, -0.2) is 40.3 Å². The van der Waals surface area contributed by atoms with E-state index in [4.69, 9.17) is 4.74 Å². The largest absolute Gasteiger partial charge is 0.490 e. The van der Waals surface area contributed by atoms with Gasteiger partial charge in [0, 0.05) is 44.3 Å². The van der Waals surface area contributed by atoms with Crippen LogP contribution in [-0.2, 0) is 24.8 Å². The van der Waals surface area contributed by atoms with Crippen molar-refractivity contribution >= 4 is 17.4 Å². The third kappa shape index (κ3) is 3.38. The fourth-order valence-electron chi connectivity index (χ4n) is 3.62. The molecule has 1 aromatic carbocycles. The topological polar surface area (TPSA) is 50.6 Å². The van der Waals surface area contributed by atoms with E-state index in [2.05, 4.69) is 5.10 Å². The van der Waals surface area contributed by atoms with E-state index in [9.17, 15) is 9.18 Å². The predicted molar refractivity (Wildman–Crippen MR) is 103 cm³/mol. The second kappa shape index (κ2) is 7.58. The number of halogens is 1. The number of nitrogens with zero attached hydrogens (tertiary/aromatic N) is 4. The van der Waals surface area contributed by atoms with E-state index in [0.717, 1.165) is 23.5 Å². The van der Waals surface area contributed by atoms with Crippen molar-refractivity contribution in [3.05, 3.63) is 34.8 Å². The molecule has 0 aliphatic carbocycles. The maximum atomic E-state index is 14.1. The number of carbonyl (C=O) groups excluding carboxylic acids is 1. The molecule has 0 saturated carbocycles. The van der Waals surface area contributed by atoms with E-state index in [1.165, 1.54) is 6.07 Å². The van der Waals surface area contributed by atoms with Crippen molar-refractivity contribution < 1.29 is 13.9 Å². The van der Waals surface area contributed by atoms with Gasteiger partial charge in [0.1, 0.15) is 18.2 Å². The van der Waals surface area contributed by atoms with Crippen LogP contribution in [0.4, 0.5) is 15.9 Å². The average Bonchev–Trinajstić information content (AvgIpc) is 3.00. The van der Waals surface area contributed by atoms with Crippen molar-refractivity contribution in [3.63, 3.8) is 0 Å². The summed E-state index contributed by atoms with van der Waals surface area (Å²) in [6.07, 6.45) is 0.776. The minimum atomic E-state index is -0.260. The molecule has 0 radical (unpaired) electrons. The third-order valence-corrected chi connectivity index (χ3v) is 5.03. The third-order valence-electron chi connectivity index (χ3n) is 5.03. The number of aryl methyl sites for hydroxylation is 2. The lowest BCUT2D eigenvalue weighted by Gasteiger charge is -2.32. The average molecular weight is 374 g/mol. The Kier molecular flexibility index (Phi) is 5.39. The van der Waals surface area contributed by atoms with Crippen LogP contribution in [0.3, 0.4) is 0 Å². The van der Waals surface area contributed by atoms with Crippen molar-refractivity contribution in [1.82, 2.24) is 14.7 Å². The van der Waals surface area contributed by atoms with Crippen LogP contribution >= 0.6 is 0 Å². The van der Waals surface area contributed by atoms with Crippen LogP contribution in [0.2, 0.25) is 0 Å². The van der Waals surface area contributed by atoms with Gasteiger partial charge in [0.15, 0.2) is 5.82 Å². The number of hydrogen-bond donors (Lipinski definition) is 0. The molecule has 2 aromatic rings. The Morgan fingerprint density at radius 2 is 2.00 bits per heavy atom. The van der Waals surface area contributed by atoms with Gasteiger partial charge in [-0.1, -0.05) is 13.8 Å². The molecule has 0 fully saturated rings. The van der Waals surface area contributed by atoms with Gasteiger partial charge in [-0.3, -0.25) is 9.48 Å². The standard InChI is InChI=1S/C18H21FN4O2.C2H6/c1-11-8-17-16(9-14(11)19)23(6-7-25-17)18-13-10-22(12(2)24)5-4-15(13)21(3)20-18;1-2/h8-9H,4-7,10H2,1-3H3;1-2H3. The molecule has 6 nitrogen and oxygen atoms in total. The Morgan fingerprint density at radius 3 is 2.70 bits per heavy atom. The van der Waals surface area contributed by atoms with Crippen LogP contribution in [0.15, 0.2) is 12.1 Å². The highest BCUT2D eigenvalue weighted by Crippen LogP contribution is 2.40. The Morgan fingerprint density at radius 1 is 1.26 bits per heavy atom. The number of anilines is 2. The van der Waals surface area contributed by atoms with E-state index >= 15 is 0 Å². The summed E-state index contributed by atoms with van der Waals surface area (Å²) in [7, 11) is 1.92. The van der Waals surface area contributed by atoms with Crippen LogP contribution in [0.1, 0.15) is 37.6 Å². The summed E-state index contributed by atoms with van der Waals surface area (Å²) in [6.45, 7) is 9.66. The molecule has 27 heavy (non-hydrogen) atoms. The first kappa shape index (κ1) is 19.2. The number of benzene rings is 1. The zero-order valence-electron chi connectivity index (χ0n) is 16.7. The molecule has 0 saturated heterocycles. The van der Waals surface area contributed by atoms with Gasteiger partial charge in [-0.05, 0) is 18.6 Å². The second-order valence-electron chi connectivity index (χ2n) is 6.63. The van der Waals surface area contributed by atoms with Crippen molar-refractivity contribution in [2.75, 3.05) is 24.6 Å². The summed E-state index contributed by atoms with van der Waals surface area (Å²) in [4.78, 5) is 15.6. The number of carbonyl (C=O) groups is 1. The zero-order valence-corrected chi connectivity index (χ0v) is 16.7. The minimum absolute atomic E-state index is 0.0597. The molecule has 0 bridgehead atoms. The van der Waals surface area contributed by atoms with E-state index in [1.54, 1.807) is 19.9 Å². The number of fused-ring (bicyclic) bond motifs is 2. The lowest BCUT2D eigenvalue weighted by Crippen LogP contribution is -2.36. The van der Waals surface area contributed by atoms with Crippen molar-refractivity contribution in [1.29, 1.82) is 0 Å². The van der Waals surface area contributed by atoms with Gasteiger partial charge < -0.3 is 14.5 Å². The quantitative estimate of drug-likeness (QED) is 0.768. The Hall–Kier alpha value is -2.57. The highest BCUT2D eigenvalue weighted by molar-refractivity contribution is 5.75. The molecule has 7 heteroatoms. The second-order valence-corrected chi connectivity index (χ2v) is 6.63. The van der Waals surface area contributed by atoms with Gasteiger partial charge in [0.05, 0.1) is 18.8 Å². The summed E-state index contributed by atoms with van der Waals surface area (Å²) >= 11 is 0. The Labute approximate surface area is 159 Å². The smallest absolute Gasteiger partial charge is 0.219 e. The highest BCUT2D eigenvalue weighted by atomic mass is 19.1. The minimum Gasteiger partial charge on any atom is -0.490 e. The highest BCUT2D eigenvalue weighted by Gasteiger charge is 2.31. The Bertz CT molecular complexity index is 862. The maximum absolute atomic E-state index is 14.1. The molecule has 4 rings (SSSR count). The summed E-state index contributed by atoms with van der Waals surface area (Å²) in [5.74, 6) is 1.26. The van der Waals surface area contributed by atoms with Crippen molar-refractivity contribution in [2.45, 2.75) is 40.7 Å². The first-order valence-electron chi connectivity index (χ1n) is 9.46. The number of rotatable bonds is 1. The van der Waals surface area contributed by atoms with E-state index < -0.39 is 0 Å². The lowest BCUT2D eigenvalue weighted by atomic mass is 10.1. The predicted octanol–water partition coefficient (Wildman–Crippen LogP) is 3.33. The maximum Gasteiger partial charge on any atom is 0.219 e. The van der Waals surface area contributed by atoms with E-state index in [-0.39, 0.29) is 11.7 Å². The van der Waals surface area contributed by atoms with E-state index in [1.807, 2.05) is 35.4 Å². The molecular weight excluding hydrogens is 347 g/mol. The van der Waals surface area contributed by atoms with Gasteiger partial charge in [0.25, 0.3) is 0 Å². The molecule has 146 valence electrons. The lowest BCUT2D eigenvalue weighted by molar-refractivity contribution is -0.129. The number of aromatic nitrogens is 2. The molecule has 2 aliphatic rings. The number of hydrogen-bond acceptors (Lipinski definition) is 4. The monoisotopic (exact) mass is 374 g/mol. The van der Waals surface area contributed by atoms with E-state index in [0.29, 0.717) is 43.2 Å². The van der Waals surface area contributed by atoms with Crippen LogP contribution in [0.5, 0.6) is 5.75 Å². The molecule has 1 amide bonds. The summed E-state index contributed by atoms with van der Waals surface area (Å²) in [5, 5.41) is 4.69. The van der Waals surface area contributed by atoms with Crippen LogP contribution in [0, 0.1) is 12.7 Å². The first-order chi connectivity index (χ1) is 13.0. The molecule has 0 N–H and O–H groups in total. The van der Waals surface area contributed by atoms with Crippen molar-refractivity contribution in [2.24, 2.45) is 7.05 Å². The fourth-order valence-corrected chi connectivity index (χ4v) is 3.62. The molecule has 0 unspecified atom stereocenters. The fraction of sp³-hybridized carbons (Fsp3) is 0.500. The summed E-state index contributed by atoms with van der Waals surface area (Å²) in [5.41, 5.74) is 3.42. The first-order valence-corrected chi connectivity index (χ1v) is 9.46. The van der Waals surface area contributed by atoms with Crippen LogP contribution in [0.25, 0.3) is 0 Å². The van der Waals surface area contributed by atoms with Gasteiger partial charge in [-0.15, -0.1) is 0 Å². The number of ether oxygens (including phenoxy) is 1. The van der Waals surface area contributed by atoms with Gasteiger partial charge in [-0.25, -0.2) is 4.39 Å². The van der Waals surface area contributed by atoms with Gasteiger partial charge in [-0.2, -0.15) is 5.10 Å². The Balaban J connectivity index is 0.00000102. The molecule has 2 aliphatic heterocycles. The number of amides is 1. The molecule has 0 atom stereocenters. The molecular formula is C20H27FN4O2. The SMILES string of the molecule is CC.CC(=O)N1CCc2c(c(N3CCOc4cc(C)c(F)cc43)nn2C)C1. The molecule has 3 heterocycles. The zero-order chi connectivity index (χ0) is 19.7. The van der Waals surface area contributed by atoms with Gasteiger partial charge in [0.2, 0.25) is 5.91 Å². The van der Waals surface area contributed by atoms with Gasteiger partial charge >= 0.3 is 0 Å². The summed E-state index contributed by atoms with van der Waals surface area (Å²) < 4.78 is 21.7. The molecule has 0 spiro atoms. The van der Waals surface area contributed by atoms with Crippen LogP contribution < -0.4 is 9.64 Å². The summed E-state index contributed by atoms with van der Waals surface area (Å²) in [6, 6.07) is 3.24. The van der Waals surface area contributed by atoms with Crippen molar-refractivity contribution in [3.8, 4) is 5.75 Å². The molecule has 1 aromatic heterocycles.